The molecule has 3 rings (SSSR count). The van der Waals surface area contributed by atoms with Gasteiger partial charge in [0.15, 0.2) is 0 Å². The molecule has 1 heterocycles. The van der Waals surface area contributed by atoms with Crippen LogP contribution in [0.4, 0.5) is 0 Å². The SMILES string of the molecule is C[C@@H](CNC(=O)CCN1C(=O)[C@H]2CC=CC[C@H]2C1=O)c1ccccc1. The average molecular weight is 340 g/mol. The van der Waals surface area contributed by atoms with Crippen LogP contribution in [-0.2, 0) is 14.4 Å². The molecule has 0 radical (unpaired) electrons. The molecular formula is C20H24N2O3. The van der Waals surface area contributed by atoms with Gasteiger partial charge in [0, 0.05) is 19.5 Å². The molecule has 1 saturated heterocycles. The number of carbonyl (C=O) groups is 3. The predicted octanol–water partition coefficient (Wildman–Crippen LogP) is 2.25. The van der Waals surface area contributed by atoms with E-state index in [1.165, 1.54) is 10.5 Å². The van der Waals surface area contributed by atoms with E-state index in [0.717, 1.165) is 0 Å². The van der Waals surface area contributed by atoms with E-state index in [4.69, 9.17) is 0 Å². The molecule has 1 aliphatic heterocycles. The van der Waals surface area contributed by atoms with Gasteiger partial charge < -0.3 is 5.32 Å². The summed E-state index contributed by atoms with van der Waals surface area (Å²) in [6.07, 6.45) is 5.35. The number of allylic oxidation sites excluding steroid dienone is 2. The Hall–Kier alpha value is -2.43. The number of carbonyl (C=O) groups excluding carboxylic acids is 3. The van der Waals surface area contributed by atoms with Crippen molar-refractivity contribution in [3.63, 3.8) is 0 Å². The van der Waals surface area contributed by atoms with E-state index in [1.54, 1.807) is 0 Å². The fourth-order valence-corrected chi connectivity index (χ4v) is 3.56. The van der Waals surface area contributed by atoms with Crippen LogP contribution in [-0.4, -0.2) is 35.7 Å². The van der Waals surface area contributed by atoms with Gasteiger partial charge in [0.2, 0.25) is 17.7 Å². The van der Waals surface area contributed by atoms with Crippen molar-refractivity contribution >= 4 is 17.7 Å². The van der Waals surface area contributed by atoms with Gasteiger partial charge in [-0.05, 0) is 24.3 Å². The largest absolute Gasteiger partial charge is 0.355 e. The number of nitrogens with zero attached hydrogens (tertiary/aromatic N) is 1. The maximum Gasteiger partial charge on any atom is 0.233 e. The minimum absolute atomic E-state index is 0.121. The Balaban J connectivity index is 1.46. The number of benzene rings is 1. The molecule has 132 valence electrons. The molecule has 1 aromatic carbocycles. The molecule has 1 aliphatic carbocycles. The van der Waals surface area contributed by atoms with Crippen molar-refractivity contribution in [2.24, 2.45) is 11.8 Å². The van der Waals surface area contributed by atoms with E-state index in [0.29, 0.717) is 19.4 Å². The molecular weight excluding hydrogens is 316 g/mol. The minimum Gasteiger partial charge on any atom is -0.355 e. The summed E-state index contributed by atoms with van der Waals surface area (Å²) in [5.41, 5.74) is 1.17. The van der Waals surface area contributed by atoms with Crippen LogP contribution in [0.3, 0.4) is 0 Å². The van der Waals surface area contributed by atoms with E-state index >= 15 is 0 Å². The standard InChI is InChI=1S/C20H24N2O3/c1-14(15-7-3-2-4-8-15)13-21-18(23)11-12-22-19(24)16-9-5-6-10-17(16)20(22)25/h2-8,14,16-17H,9-13H2,1H3,(H,21,23)/t14-,16-,17+/m0/s1. The second kappa shape index (κ2) is 7.64. The monoisotopic (exact) mass is 340 g/mol. The Morgan fingerprint density at radius 1 is 1.12 bits per heavy atom. The van der Waals surface area contributed by atoms with E-state index < -0.39 is 0 Å². The van der Waals surface area contributed by atoms with Gasteiger partial charge in [0.25, 0.3) is 0 Å². The van der Waals surface area contributed by atoms with E-state index in [9.17, 15) is 14.4 Å². The molecule has 1 N–H and O–H groups in total. The average Bonchev–Trinajstić information content (AvgIpc) is 2.89. The van der Waals surface area contributed by atoms with Crippen LogP contribution >= 0.6 is 0 Å². The third kappa shape index (κ3) is 3.81. The molecule has 3 atom stereocenters. The summed E-state index contributed by atoms with van der Waals surface area (Å²) in [6, 6.07) is 9.99. The van der Waals surface area contributed by atoms with Crippen LogP contribution in [0.15, 0.2) is 42.5 Å². The summed E-state index contributed by atoms with van der Waals surface area (Å²) >= 11 is 0. The molecule has 5 heteroatoms. The number of hydrogen-bond donors (Lipinski definition) is 1. The zero-order chi connectivity index (χ0) is 17.8. The summed E-state index contributed by atoms with van der Waals surface area (Å²) in [5, 5.41) is 2.90. The normalized spacial score (nSPS) is 23.5. The van der Waals surface area contributed by atoms with Gasteiger partial charge in [-0.1, -0.05) is 49.4 Å². The number of imide groups is 1. The lowest BCUT2D eigenvalue weighted by Gasteiger charge is -2.16. The maximum absolute atomic E-state index is 12.4. The zero-order valence-corrected chi connectivity index (χ0v) is 14.5. The fraction of sp³-hybridized carbons (Fsp3) is 0.450. The molecule has 25 heavy (non-hydrogen) atoms. The molecule has 0 spiro atoms. The van der Waals surface area contributed by atoms with Crippen LogP contribution < -0.4 is 5.32 Å². The second-order valence-electron chi connectivity index (χ2n) is 6.85. The number of nitrogens with one attached hydrogen (secondary N) is 1. The lowest BCUT2D eigenvalue weighted by molar-refractivity contribution is -0.140. The quantitative estimate of drug-likeness (QED) is 0.638. The van der Waals surface area contributed by atoms with Gasteiger partial charge in [-0.3, -0.25) is 19.3 Å². The van der Waals surface area contributed by atoms with Gasteiger partial charge in [-0.15, -0.1) is 0 Å². The number of fused-ring (bicyclic) bond motifs is 1. The van der Waals surface area contributed by atoms with Gasteiger partial charge >= 0.3 is 0 Å². The first-order valence-electron chi connectivity index (χ1n) is 8.89. The van der Waals surface area contributed by atoms with Crippen molar-refractivity contribution in [1.29, 1.82) is 0 Å². The second-order valence-corrected chi connectivity index (χ2v) is 6.85. The maximum atomic E-state index is 12.4. The molecule has 1 aromatic rings. The molecule has 0 unspecified atom stereocenters. The van der Waals surface area contributed by atoms with Gasteiger partial charge in [0.05, 0.1) is 11.8 Å². The molecule has 5 nitrogen and oxygen atoms in total. The Labute approximate surface area is 148 Å². The molecule has 2 aliphatic rings. The minimum atomic E-state index is -0.223. The topological polar surface area (TPSA) is 66.5 Å². The lowest BCUT2D eigenvalue weighted by Crippen LogP contribution is -2.36. The Kier molecular flexibility index (Phi) is 5.31. The third-order valence-corrected chi connectivity index (χ3v) is 5.14. The highest BCUT2D eigenvalue weighted by Crippen LogP contribution is 2.34. The summed E-state index contributed by atoms with van der Waals surface area (Å²) in [7, 11) is 0. The number of amides is 3. The van der Waals surface area contributed by atoms with Gasteiger partial charge in [0.1, 0.15) is 0 Å². The molecule has 0 aromatic heterocycles. The van der Waals surface area contributed by atoms with Crippen LogP contribution in [0.1, 0.15) is 37.7 Å². The first-order chi connectivity index (χ1) is 12.1. The van der Waals surface area contributed by atoms with Crippen LogP contribution in [0, 0.1) is 11.8 Å². The summed E-state index contributed by atoms with van der Waals surface area (Å²) in [4.78, 5) is 38.1. The number of likely N-dealkylation sites (tertiary alicyclic amines) is 1. The first-order valence-corrected chi connectivity index (χ1v) is 8.89. The van der Waals surface area contributed by atoms with Gasteiger partial charge in [-0.25, -0.2) is 0 Å². The molecule has 1 fully saturated rings. The number of rotatable bonds is 6. The smallest absolute Gasteiger partial charge is 0.233 e. The first kappa shape index (κ1) is 17.4. The summed E-state index contributed by atoms with van der Waals surface area (Å²) in [5.74, 6) is -0.600. The molecule has 0 saturated carbocycles. The van der Waals surface area contributed by atoms with Crippen molar-refractivity contribution in [3.8, 4) is 0 Å². The highest BCUT2D eigenvalue weighted by atomic mass is 16.2. The van der Waals surface area contributed by atoms with Crippen LogP contribution in [0.5, 0.6) is 0 Å². The van der Waals surface area contributed by atoms with Crippen molar-refractivity contribution in [2.75, 3.05) is 13.1 Å². The summed E-state index contributed by atoms with van der Waals surface area (Å²) < 4.78 is 0. The number of hydrogen-bond acceptors (Lipinski definition) is 3. The Bertz CT molecular complexity index is 657. The highest BCUT2D eigenvalue weighted by molar-refractivity contribution is 6.05. The Morgan fingerprint density at radius 3 is 2.32 bits per heavy atom. The lowest BCUT2D eigenvalue weighted by atomic mass is 9.85. The van der Waals surface area contributed by atoms with E-state index in [2.05, 4.69) is 12.2 Å². The fourth-order valence-electron chi connectivity index (χ4n) is 3.56. The van der Waals surface area contributed by atoms with Gasteiger partial charge in [-0.2, -0.15) is 0 Å². The van der Waals surface area contributed by atoms with Crippen LogP contribution in [0.25, 0.3) is 0 Å². The van der Waals surface area contributed by atoms with E-state index in [1.807, 2.05) is 42.5 Å². The Morgan fingerprint density at radius 2 is 1.72 bits per heavy atom. The van der Waals surface area contributed by atoms with Crippen molar-refractivity contribution < 1.29 is 14.4 Å². The summed E-state index contributed by atoms with van der Waals surface area (Å²) in [6.45, 7) is 2.77. The third-order valence-electron chi connectivity index (χ3n) is 5.14. The predicted molar refractivity (Wildman–Crippen MR) is 94.6 cm³/mol. The van der Waals surface area contributed by atoms with Crippen molar-refractivity contribution in [3.05, 3.63) is 48.0 Å². The molecule has 0 bridgehead atoms. The zero-order valence-electron chi connectivity index (χ0n) is 14.5. The van der Waals surface area contributed by atoms with Crippen molar-refractivity contribution in [1.82, 2.24) is 10.2 Å². The van der Waals surface area contributed by atoms with E-state index in [-0.39, 0.29) is 48.4 Å². The highest BCUT2D eigenvalue weighted by Gasteiger charge is 2.46. The molecule has 3 amide bonds. The van der Waals surface area contributed by atoms with Crippen LogP contribution in [0.2, 0.25) is 0 Å². The van der Waals surface area contributed by atoms with Crippen molar-refractivity contribution in [2.45, 2.75) is 32.1 Å².